The van der Waals surface area contributed by atoms with Crippen LogP contribution in [0.4, 0.5) is 0 Å². The van der Waals surface area contributed by atoms with E-state index in [-0.39, 0.29) is 0 Å². The molecule has 0 heterocycles. The standard InChI is InChI=1S/C54H36/c1-5-17-37(18-6-1)43-33-44(38-19-7-2-8-20-38)35-45(34-43)54-46(39-21-9-3-10-22-39)32-31-40-29-30-42(36-51(40)54)53-49-27-15-13-25-47(49)52(41-23-11-4-12-24-41)48-26-14-16-28-50(48)53/h1-36H. The fraction of sp³-hybridized carbons (Fsp3) is 0. The van der Waals surface area contributed by atoms with Gasteiger partial charge in [0.2, 0.25) is 0 Å². The van der Waals surface area contributed by atoms with Gasteiger partial charge in [-0.2, -0.15) is 0 Å². The highest BCUT2D eigenvalue weighted by Crippen LogP contribution is 2.46. The van der Waals surface area contributed by atoms with Gasteiger partial charge in [-0.05, 0) is 123 Å². The van der Waals surface area contributed by atoms with Crippen LogP contribution in [-0.4, -0.2) is 0 Å². The predicted molar refractivity (Wildman–Crippen MR) is 232 cm³/mol. The lowest BCUT2D eigenvalue weighted by Crippen LogP contribution is -1.93. The molecule has 0 atom stereocenters. The Morgan fingerprint density at radius 1 is 0.185 bits per heavy atom. The lowest BCUT2D eigenvalue weighted by Gasteiger charge is -2.20. The van der Waals surface area contributed by atoms with Gasteiger partial charge in [0.25, 0.3) is 0 Å². The molecule has 0 aliphatic heterocycles. The van der Waals surface area contributed by atoms with Crippen LogP contribution in [0.15, 0.2) is 218 Å². The lowest BCUT2D eigenvalue weighted by molar-refractivity contribution is 1.57. The Morgan fingerprint density at radius 3 is 1.07 bits per heavy atom. The van der Waals surface area contributed by atoms with Gasteiger partial charge in [0.15, 0.2) is 0 Å². The predicted octanol–water partition coefficient (Wildman–Crippen LogP) is 15.1. The van der Waals surface area contributed by atoms with E-state index in [1.165, 1.54) is 99.1 Å². The summed E-state index contributed by atoms with van der Waals surface area (Å²) in [6.45, 7) is 0. The zero-order valence-electron chi connectivity index (χ0n) is 29.8. The number of benzene rings is 10. The fourth-order valence-electron chi connectivity index (χ4n) is 8.37. The van der Waals surface area contributed by atoms with Crippen molar-refractivity contribution < 1.29 is 0 Å². The first kappa shape index (κ1) is 31.7. The Kier molecular flexibility index (Phi) is 7.93. The third-order valence-corrected chi connectivity index (χ3v) is 10.8. The van der Waals surface area contributed by atoms with Gasteiger partial charge in [-0.15, -0.1) is 0 Å². The van der Waals surface area contributed by atoms with Gasteiger partial charge in [-0.3, -0.25) is 0 Å². The number of fused-ring (bicyclic) bond motifs is 3. The van der Waals surface area contributed by atoms with E-state index in [4.69, 9.17) is 0 Å². The van der Waals surface area contributed by atoms with E-state index in [0.29, 0.717) is 0 Å². The van der Waals surface area contributed by atoms with Crippen LogP contribution in [0.1, 0.15) is 0 Å². The molecule has 0 saturated carbocycles. The van der Waals surface area contributed by atoms with Crippen molar-refractivity contribution in [2.75, 3.05) is 0 Å². The second-order valence-corrected chi connectivity index (χ2v) is 14.0. The molecule has 54 heavy (non-hydrogen) atoms. The highest BCUT2D eigenvalue weighted by molar-refractivity contribution is 6.22. The molecular weight excluding hydrogens is 649 g/mol. The molecule has 0 unspecified atom stereocenters. The second-order valence-electron chi connectivity index (χ2n) is 14.0. The molecule has 0 aliphatic rings. The van der Waals surface area contributed by atoms with Crippen LogP contribution in [0, 0.1) is 0 Å². The summed E-state index contributed by atoms with van der Waals surface area (Å²) in [4.78, 5) is 0. The van der Waals surface area contributed by atoms with Crippen LogP contribution in [0.5, 0.6) is 0 Å². The summed E-state index contributed by atoms with van der Waals surface area (Å²) in [5, 5.41) is 7.49. The molecule has 0 radical (unpaired) electrons. The van der Waals surface area contributed by atoms with E-state index in [2.05, 4.69) is 218 Å². The minimum Gasteiger partial charge on any atom is -0.0622 e. The van der Waals surface area contributed by atoms with E-state index in [1.54, 1.807) is 0 Å². The molecule has 10 aromatic carbocycles. The third kappa shape index (κ3) is 5.57. The SMILES string of the molecule is c1ccc(-c2cc(-c3ccccc3)cc(-c3c(-c4ccccc4)ccc4ccc(-c5c6ccccc6c(-c6ccccc6)c6ccccc56)cc34)c2)cc1. The zero-order chi connectivity index (χ0) is 35.8. The monoisotopic (exact) mass is 684 g/mol. The molecule has 10 rings (SSSR count). The summed E-state index contributed by atoms with van der Waals surface area (Å²) in [5.41, 5.74) is 14.7. The maximum absolute atomic E-state index is 2.45. The van der Waals surface area contributed by atoms with Crippen molar-refractivity contribution in [3.63, 3.8) is 0 Å². The summed E-state index contributed by atoms with van der Waals surface area (Å²) >= 11 is 0. The number of hydrogen-bond donors (Lipinski definition) is 0. The van der Waals surface area contributed by atoms with Crippen molar-refractivity contribution in [2.24, 2.45) is 0 Å². The fourth-order valence-corrected chi connectivity index (χ4v) is 8.37. The van der Waals surface area contributed by atoms with Gasteiger partial charge in [-0.1, -0.05) is 194 Å². The lowest BCUT2D eigenvalue weighted by atomic mass is 9.83. The Morgan fingerprint density at radius 2 is 0.574 bits per heavy atom. The van der Waals surface area contributed by atoms with Crippen LogP contribution in [0.2, 0.25) is 0 Å². The molecule has 0 nitrogen and oxygen atoms in total. The quantitative estimate of drug-likeness (QED) is 0.153. The maximum atomic E-state index is 2.45. The summed E-state index contributed by atoms with van der Waals surface area (Å²) in [5.74, 6) is 0. The van der Waals surface area contributed by atoms with Crippen molar-refractivity contribution in [3.8, 4) is 66.8 Å². The number of hydrogen-bond acceptors (Lipinski definition) is 0. The van der Waals surface area contributed by atoms with Gasteiger partial charge in [-0.25, -0.2) is 0 Å². The first-order chi connectivity index (χ1) is 26.8. The van der Waals surface area contributed by atoms with Crippen molar-refractivity contribution in [3.05, 3.63) is 218 Å². The smallest absolute Gasteiger partial charge is 0.00261 e. The summed E-state index contributed by atoms with van der Waals surface area (Å²) < 4.78 is 0. The molecule has 0 spiro atoms. The van der Waals surface area contributed by atoms with Gasteiger partial charge >= 0.3 is 0 Å². The molecule has 0 fully saturated rings. The van der Waals surface area contributed by atoms with Crippen LogP contribution < -0.4 is 0 Å². The highest BCUT2D eigenvalue weighted by atomic mass is 14.2. The Bertz CT molecular complexity index is 2830. The van der Waals surface area contributed by atoms with E-state index in [9.17, 15) is 0 Å². The molecule has 0 amide bonds. The first-order valence-electron chi connectivity index (χ1n) is 18.7. The molecule has 10 aromatic rings. The van der Waals surface area contributed by atoms with E-state index >= 15 is 0 Å². The maximum Gasteiger partial charge on any atom is -0.00261 e. The molecule has 252 valence electrons. The molecule has 0 N–H and O–H groups in total. The normalized spacial score (nSPS) is 11.3. The van der Waals surface area contributed by atoms with Gasteiger partial charge < -0.3 is 0 Å². The Labute approximate surface area is 316 Å². The third-order valence-electron chi connectivity index (χ3n) is 10.8. The second kappa shape index (κ2) is 13.5. The van der Waals surface area contributed by atoms with Crippen molar-refractivity contribution in [2.45, 2.75) is 0 Å². The minimum atomic E-state index is 1.20. The molecule has 0 aliphatic carbocycles. The average molecular weight is 685 g/mol. The van der Waals surface area contributed by atoms with E-state index in [0.717, 1.165) is 0 Å². The van der Waals surface area contributed by atoms with Crippen LogP contribution in [0.25, 0.3) is 99.1 Å². The van der Waals surface area contributed by atoms with E-state index < -0.39 is 0 Å². The van der Waals surface area contributed by atoms with Crippen molar-refractivity contribution >= 4 is 32.3 Å². The highest BCUT2D eigenvalue weighted by Gasteiger charge is 2.19. The zero-order valence-corrected chi connectivity index (χ0v) is 29.8. The summed E-state index contributed by atoms with van der Waals surface area (Å²) in [6.07, 6.45) is 0. The summed E-state index contributed by atoms with van der Waals surface area (Å²) in [6, 6.07) is 79.8. The van der Waals surface area contributed by atoms with E-state index in [1.807, 2.05) is 0 Å². The van der Waals surface area contributed by atoms with Gasteiger partial charge in [0.05, 0.1) is 0 Å². The van der Waals surface area contributed by atoms with Gasteiger partial charge in [0.1, 0.15) is 0 Å². The molecular formula is C54H36. The molecule has 0 saturated heterocycles. The average Bonchev–Trinajstić information content (AvgIpc) is 3.26. The van der Waals surface area contributed by atoms with Gasteiger partial charge in [0, 0.05) is 0 Å². The Balaban J connectivity index is 1.30. The molecule has 0 heteroatoms. The molecule has 0 bridgehead atoms. The summed E-state index contributed by atoms with van der Waals surface area (Å²) in [7, 11) is 0. The first-order valence-corrected chi connectivity index (χ1v) is 18.7. The van der Waals surface area contributed by atoms with Crippen molar-refractivity contribution in [1.82, 2.24) is 0 Å². The minimum absolute atomic E-state index is 1.20. The Hall–Kier alpha value is -7.02. The van der Waals surface area contributed by atoms with Crippen LogP contribution >= 0.6 is 0 Å². The largest absolute Gasteiger partial charge is 0.0622 e. The number of rotatable bonds is 6. The van der Waals surface area contributed by atoms with Crippen LogP contribution in [0.3, 0.4) is 0 Å². The molecule has 0 aromatic heterocycles. The van der Waals surface area contributed by atoms with Crippen LogP contribution in [-0.2, 0) is 0 Å². The topological polar surface area (TPSA) is 0 Å². The van der Waals surface area contributed by atoms with Crippen molar-refractivity contribution in [1.29, 1.82) is 0 Å².